The number of amides is 2. The average molecular weight is 412 g/mol. The van der Waals surface area contributed by atoms with Gasteiger partial charge >= 0.3 is 0 Å². The van der Waals surface area contributed by atoms with Gasteiger partial charge in [0.25, 0.3) is 5.91 Å². The number of likely N-dealkylation sites (tertiary alicyclic amines) is 1. The van der Waals surface area contributed by atoms with Gasteiger partial charge in [0, 0.05) is 31.2 Å². The Kier molecular flexibility index (Phi) is 6.81. The van der Waals surface area contributed by atoms with E-state index in [9.17, 15) is 9.59 Å². The molecule has 0 aromatic heterocycles. The van der Waals surface area contributed by atoms with Crippen molar-refractivity contribution in [3.8, 4) is 0 Å². The maximum atomic E-state index is 11.8. The molecule has 2 fully saturated rings. The van der Waals surface area contributed by atoms with Gasteiger partial charge in [-0.2, -0.15) is 4.99 Å². The molecule has 160 valence electrons. The predicted octanol–water partition coefficient (Wildman–Crippen LogP) is 1.80. The van der Waals surface area contributed by atoms with Crippen molar-refractivity contribution in [1.82, 2.24) is 10.2 Å². The summed E-state index contributed by atoms with van der Waals surface area (Å²) < 4.78 is 0. The Balaban J connectivity index is 1.58. The lowest BCUT2D eigenvalue weighted by Crippen LogP contribution is -2.40. The monoisotopic (exact) mass is 411 g/mol. The van der Waals surface area contributed by atoms with Crippen LogP contribution in [0.4, 0.5) is 5.69 Å². The van der Waals surface area contributed by atoms with Crippen LogP contribution in [0.15, 0.2) is 29.3 Å². The minimum atomic E-state index is -0.884. The Morgan fingerprint density at radius 3 is 2.30 bits per heavy atom. The zero-order valence-corrected chi connectivity index (χ0v) is 17.2. The summed E-state index contributed by atoms with van der Waals surface area (Å²) >= 11 is 0. The summed E-state index contributed by atoms with van der Waals surface area (Å²) in [5.74, 6) is -0.406. The molecule has 6 N–H and O–H groups in total. The van der Waals surface area contributed by atoms with Crippen LogP contribution in [0.2, 0.25) is 0 Å². The summed E-state index contributed by atoms with van der Waals surface area (Å²) in [6.45, 7) is 3.47. The van der Waals surface area contributed by atoms with Crippen molar-refractivity contribution >= 4 is 35.0 Å². The quantitative estimate of drug-likeness (QED) is 0.358. The lowest BCUT2D eigenvalue weighted by Gasteiger charge is -2.32. The molecule has 30 heavy (non-hydrogen) atoms. The Labute approximate surface area is 176 Å². The van der Waals surface area contributed by atoms with E-state index in [1.165, 1.54) is 5.56 Å². The third-order valence-corrected chi connectivity index (χ3v) is 5.42. The number of nitrogens with two attached hydrogens (primary N) is 1. The van der Waals surface area contributed by atoms with Crippen LogP contribution in [0.3, 0.4) is 0 Å². The van der Waals surface area contributed by atoms with Crippen LogP contribution in [0.5, 0.6) is 0 Å². The fourth-order valence-corrected chi connectivity index (χ4v) is 3.50. The summed E-state index contributed by atoms with van der Waals surface area (Å²) in [6.07, 6.45) is 4.34. The van der Waals surface area contributed by atoms with Gasteiger partial charge in [-0.05, 0) is 49.3 Å². The zero-order chi connectivity index (χ0) is 21.7. The minimum absolute atomic E-state index is 0.0208. The summed E-state index contributed by atoms with van der Waals surface area (Å²) in [5.41, 5.74) is 6.66. The first-order valence-electron chi connectivity index (χ1n) is 10.3. The summed E-state index contributed by atoms with van der Waals surface area (Å²) in [6, 6.07) is 7.99. The molecular formula is C21H29N7O2. The molecule has 1 aliphatic carbocycles. The third-order valence-electron chi connectivity index (χ3n) is 5.42. The van der Waals surface area contributed by atoms with Crippen molar-refractivity contribution < 1.29 is 9.59 Å². The summed E-state index contributed by atoms with van der Waals surface area (Å²) in [4.78, 5) is 29.1. The molecule has 9 nitrogen and oxygen atoms in total. The molecule has 1 aromatic rings. The number of primary amides is 1. The van der Waals surface area contributed by atoms with Gasteiger partial charge in [0.05, 0.1) is 0 Å². The number of hydrogen-bond donors (Lipinski definition) is 5. The van der Waals surface area contributed by atoms with E-state index in [2.05, 4.69) is 15.6 Å². The molecule has 3 rings (SSSR count). The smallest absolute Gasteiger partial charge is 0.270 e. The van der Waals surface area contributed by atoms with Crippen molar-refractivity contribution in [2.24, 2.45) is 10.7 Å². The first kappa shape index (κ1) is 21.5. The predicted molar refractivity (Wildman–Crippen MR) is 117 cm³/mol. The standard InChI is InChI=1S/C21H29N7O2/c1-2-17(29)28-11-9-14(10-12-28)13-3-5-16(6-4-13)26-21(24)27-20(18(22)19(23)30)25-15-7-8-15/h3-6,14-15,22H,2,7-12H2,1H3,(H2,23,30)(H3,24,25,26,27). The molecule has 9 heteroatoms. The number of nitrogens with zero attached hydrogens (tertiary/aromatic N) is 2. The number of rotatable bonds is 6. The Morgan fingerprint density at radius 1 is 1.13 bits per heavy atom. The van der Waals surface area contributed by atoms with Crippen molar-refractivity contribution in [2.45, 2.75) is 51.0 Å². The van der Waals surface area contributed by atoms with Gasteiger partial charge in [-0.3, -0.25) is 20.4 Å². The van der Waals surface area contributed by atoms with Crippen LogP contribution in [0.1, 0.15) is 50.5 Å². The van der Waals surface area contributed by atoms with Gasteiger partial charge in [-0.1, -0.05) is 19.1 Å². The van der Waals surface area contributed by atoms with Crippen LogP contribution in [-0.4, -0.2) is 53.4 Å². The van der Waals surface area contributed by atoms with Crippen LogP contribution in [-0.2, 0) is 9.59 Å². The number of anilines is 1. The highest BCUT2D eigenvalue weighted by atomic mass is 16.2. The fourth-order valence-electron chi connectivity index (χ4n) is 3.50. The maximum absolute atomic E-state index is 11.8. The topological polar surface area (TPSA) is 148 Å². The van der Waals surface area contributed by atoms with E-state index in [0.717, 1.165) is 38.8 Å². The van der Waals surface area contributed by atoms with E-state index < -0.39 is 11.6 Å². The summed E-state index contributed by atoms with van der Waals surface area (Å²) in [5, 5.41) is 21.7. The lowest BCUT2D eigenvalue weighted by atomic mass is 9.89. The highest BCUT2D eigenvalue weighted by Crippen LogP contribution is 2.29. The van der Waals surface area contributed by atoms with Crippen LogP contribution >= 0.6 is 0 Å². The van der Waals surface area contributed by atoms with Crippen molar-refractivity contribution in [3.63, 3.8) is 0 Å². The molecule has 0 unspecified atom stereocenters. The molecular weight excluding hydrogens is 382 g/mol. The van der Waals surface area contributed by atoms with Gasteiger partial charge < -0.3 is 21.3 Å². The van der Waals surface area contributed by atoms with Gasteiger partial charge in [0.15, 0.2) is 11.5 Å². The van der Waals surface area contributed by atoms with Crippen LogP contribution in [0.25, 0.3) is 0 Å². The van der Waals surface area contributed by atoms with Crippen molar-refractivity contribution in [1.29, 1.82) is 10.8 Å². The van der Waals surface area contributed by atoms with Gasteiger partial charge in [0.1, 0.15) is 0 Å². The second-order valence-corrected chi connectivity index (χ2v) is 7.72. The summed E-state index contributed by atoms with van der Waals surface area (Å²) in [7, 11) is 0. The molecule has 2 aliphatic rings. The van der Waals surface area contributed by atoms with Gasteiger partial charge in [0.2, 0.25) is 11.9 Å². The van der Waals surface area contributed by atoms with Gasteiger partial charge in [-0.15, -0.1) is 0 Å². The number of carbonyl (C=O) groups excluding carboxylic acids is 2. The minimum Gasteiger partial charge on any atom is -0.365 e. The van der Waals surface area contributed by atoms with E-state index >= 15 is 0 Å². The van der Waals surface area contributed by atoms with Gasteiger partial charge in [-0.25, -0.2) is 0 Å². The number of hydrogen-bond acceptors (Lipinski definition) is 4. The molecule has 1 saturated heterocycles. The zero-order valence-electron chi connectivity index (χ0n) is 17.2. The molecule has 1 heterocycles. The van der Waals surface area contributed by atoms with Crippen LogP contribution < -0.4 is 16.4 Å². The van der Waals surface area contributed by atoms with E-state index in [-0.39, 0.29) is 23.7 Å². The highest BCUT2D eigenvalue weighted by molar-refractivity contribution is 6.65. The molecule has 1 saturated carbocycles. The number of benzene rings is 1. The second kappa shape index (κ2) is 9.51. The number of piperidine rings is 1. The van der Waals surface area contributed by atoms with E-state index in [0.29, 0.717) is 18.0 Å². The van der Waals surface area contributed by atoms with Crippen LogP contribution in [0, 0.1) is 10.8 Å². The second-order valence-electron chi connectivity index (χ2n) is 7.72. The molecule has 0 atom stereocenters. The highest BCUT2D eigenvalue weighted by Gasteiger charge is 2.26. The maximum Gasteiger partial charge on any atom is 0.270 e. The molecule has 1 aromatic carbocycles. The van der Waals surface area contributed by atoms with E-state index in [1.54, 1.807) is 0 Å². The molecule has 1 aliphatic heterocycles. The number of aliphatic imine (C=N–C) groups is 1. The number of carbonyl (C=O) groups is 2. The fraction of sp³-hybridized carbons (Fsp3) is 0.476. The largest absolute Gasteiger partial charge is 0.365 e. The average Bonchev–Trinajstić information content (AvgIpc) is 3.57. The lowest BCUT2D eigenvalue weighted by molar-refractivity contribution is -0.131. The van der Waals surface area contributed by atoms with E-state index in [4.69, 9.17) is 16.6 Å². The Morgan fingerprint density at radius 2 is 1.77 bits per heavy atom. The first-order valence-corrected chi connectivity index (χ1v) is 10.3. The first-order chi connectivity index (χ1) is 14.4. The van der Waals surface area contributed by atoms with Crippen molar-refractivity contribution in [2.75, 3.05) is 18.4 Å². The number of amidine groups is 1. The number of guanidine groups is 1. The SMILES string of the molecule is CCC(=O)N1CCC(c2ccc(NC(=N)/N=C(/NC3CC3)C(=N)C(N)=O)cc2)CC1. The molecule has 2 amide bonds. The Hall–Kier alpha value is -3.23. The molecule has 0 bridgehead atoms. The molecule has 0 spiro atoms. The Bertz CT molecular complexity index is 851. The molecule has 0 radical (unpaired) electrons. The van der Waals surface area contributed by atoms with Crippen molar-refractivity contribution in [3.05, 3.63) is 29.8 Å². The third kappa shape index (κ3) is 5.65. The van der Waals surface area contributed by atoms with E-state index in [1.807, 2.05) is 36.1 Å². The normalized spacial score (nSPS) is 17.4. The number of nitrogens with one attached hydrogen (secondary N) is 4.